The van der Waals surface area contributed by atoms with Gasteiger partial charge in [0.05, 0.1) is 11.1 Å². The van der Waals surface area contributed by atoms with Gasteiger partial charge in [0.1, 0.15) is 0 Å². The lowest BCUT2D eigenvalue weighted by atomic mass is 10.1. The number of carbonyl (C=O) groups is 4. The second-order valence-electron chi connectivity index (χ2n) is 4.10. The number of carbonyl (C=O) groups excluding carboxylic acids is 3. The first kappa shape index (κ1) is 12.9. The highest BCUT2D eigenvalue weighted by atomic mass is 16.6. The molecule has 0 aromatic heterocycles. The Morgan fingerprint density at radius 1 is 1.00 bits per heavy atom. The van der Waals surface area contributed by atoms with Crippen LogP contribution in [0.2, 0.25) is 0 Å². The Bertz CT molecular complexity index is 541. The van der Waals surface area contributed by atoms with Crippen molar-refractivity contribution in [1.82, 2.24) is 0 Å². The SMILES string of the molecule is O=C(O)c1ccc(C(=O)OC2C(=O)CCC2=O)cc1. The zero-order valence-electron chi connectivity index (χ0n) is 9.79. The molecule has 0 amide bonds. The minimum Gasteiger partial charge on any atom is -0.478 e. The summed E-state index contributed by atoms with van der Waals surface area (Å²) in [6, 6.07) is 5.04. The van der Waals surface area contributed by atoms with Crippen LogP contribution in [0, 0.1) is 0 Å². The number of esters is 1. The summed E-state index contributed by atoms with van der Waals surface area (Å²) in [7, 11) is 0. The zero-order chi connectivity index (χ0) is 14.0. The van der Waals surface area contributed by atoms with E-state index in [1.54, 1.807) is 0 Å². The normalized spacial score (nSPS) is 15.6. The highest BCUT2D eigenvalue weighted by Crippen LogP contribution is 2.16. The van der Waals surface area contributed by atoms with Crippen LogP contribution in [0.25, 0.3) is 0 Å². The van der Waals surface area contributed by atoms with Crippen LogP contribution in [0.5, 0.6) is 0 Å². The fourth-order valence-electron chi connectivity index (χ4n) is 1.74. The van der Waals surface area contributed by atoms with Crippen LogP contribution in [0.3, 0.4) is 0 Å². The lowest BCUT2D eigenvalue weighted by Gasteiger charge is -2.09. The molecule has 1 aromatic carbocycles. The van der Waals surface area contributed by atoms with Gasteiger partial charge in [-0.1, -0.05) is 0 Å². The van der Waals surface area contributed by atoms with E-state index in [1.807, 2.05) is 0 Å². The summed E-state index contributed by atoms with van der Waals surface area (Å²) in [4.78, 5) is 45.0. The van der Waals surface area contributed by atoms with E-state index in [9.17, 15) is 19.2 Å². The summed E-state index contributed by atoms with van der Waals surface area (Å²) in [5.41, 5.74) is 0.127. The Balaban J connectivity index is 2.09. The second kappa shape index (κ2) is 5.01. The van der Waals surface area contributed by atoms with Gasteiger partial charge < -0.3 is 9.84 Å². The molecule has 0 saturated heterocycles. The van der Waals surface area contributed by atoms with Gasteiger partial charge in [-0.05, 0) is 24.3 Å². The molecule has 0 heterocycles. The Hall–Kier alpha value is -2.50. The lowest BCUT2D eigenvalue weighted by Crippen LogP contribution is -2.28. The van der Waals surface area contributed by atoms with Gasteiger partial charge in [0.25, 0.3) is 0 Å². The van der Waals surface area contributed by atoms with Crippen molar-refractivity contribution < 1.29 is 29.0 Å². The second-order valence-corrected chi connectivity index (χ2v) is 4.10. The number of benzene rings is 1. The van der Waals surface area contributed by atoms with Gasteiger partial charge in [0.15, 0.2) is 11.6 Å². The molecule has 6 nitrogen and oxygen atoms in total. The number of ketones is 2. The number of Topliss-reactive ketones (excluding diaryl/α,β-unsaturated/α-hetero) is 2. The van der Waals surface area contributed by atoms with Crippen molar-refractivity contribution >= 4 is 23.5 Å². The molecular formula is C13H10O6. The van der Waals surface area contributed by atoms with Crippen molar-refractivity contribution in [2.75, 3.05) is 0 Å². The van der Waals surface area contributed by atoms with E-state index < -0.39 is 29.6 Å². The van der Waals surface area contributed by atoms with Crippen molar-refractivity contribution in [3.05, 3.63) is 35.4 Å². The maximum atomic E-state index is 11.7. The molecule has 1 N–H and O–H groups in total. The van der Waals surface area contributed by atoms with Gasteiger partial charge in [0.2, 0.25) is 6.10 Å². The molecule has 0 unspecified atom stereocenters. The van der Waals surface area contributed by atoms with Crippen molar-refractivity contribution in [2.24, 2.45) is 0 Å². The molecule has 1 aliphatic rings. The van der Waals surface area contributed by atoms with E-state index in [-0.39, 0.29) is 24.0 Å². The number of hydrogen-bond donors (Lipinski definition) is 1. The smallest absolute Gasteiger partial charge is 0.339 e. The molecule has 19 heavy (non-hydrogen) atoms. The maximum absolute atomic E-state index is 11.7. The van der Waals surface area contributed by atoms with Crippen molar-refractivity contribution in [2.45, 2.75) is 18.9 Å². The molecule has 0 atom stereocenters. The van der Waals surface area contributed by atoms with Crippen LogP contribution in [-0.4, -0.2) is 34.7 Å². The van der Waals surface area contributed by atoms with Gasteiger partial charge in [-0.3, -0.25) is 9.59 Å². The van der Waals surface area contributed by atoms with E-state index >= 15 is 0 Å². The standard InChI is InChI=1S/C13H10O6/c14-9-5-6-10(15)11(9)19-13(18)8-3-1-7(2-4-8)12(16)17/h1-4,11H,5-6H2,(H,16,17). The summed E-state index contributed by atoms with van der Waals surface area (Å²) in [5, 5.41) is 8.71. The fourth-order valence-corrected chi connectivity index (χ4v) is 1.74. The van der Waals surface area contributed by atoms with Crippen LogP contribution >= 0.6 is 0 Å². The Morgan fingerprint density at radius 2 is 1.47 bits per heavy atom. The molecule has 0 bridgehead atoms. The summed E-state index contributed by atoms with van der Waals surface area (Å²) < 4.78 is 4.84. The maximum Gasteiger partial charge on any atom is 0.339 e. The summed E-state index contributed by atoms with van der Waals surface area (Å²) >= 11 is 0. The van der Waals surface area contributed by atoms with Crippen LogP contribution in [-0.2, 0) is 14.3 Å². The van der Waals surface area contributed by atoms with Crippen molar-refractivity contribution in [1.29, 1.82) is 0 Å². The minimum absolute atomic E-state index is 0.0320. The van der Waals surface area contributed by atoms with E-state index in [0.29, 0.717) is 0 Å². The number of carboxylic acid groups (broad SMARTS) is 1. The van der Waals surface area contributed by atoms with E-state index in [4.69, 9.17) is 9.84 Å². The third-order valence-electron chi connectivity index (χ3n) is 2.80. The van der Waals surface area contributed by atoms with Crippen LogP contribution in [0.15, 0.2) is 24.3 Å². The largest absolute Gasteiger partial charge is 0.478 e. The molecule has 6 heteroatoms. The number of rotatable bonds is 3. The van der Waals surface area contributed by atoms with Crippen molar-refractivity contribution in [3.63, 3.8) is 0 Å². The van der Waals surface area contributed by atoms with Gasteiger partial charge in [-0.25, -0.2) is 9.59 Å². The molecule has 0 spiro atoms. The zero-order valence-corrected chi connectivity index (χ0v) is 9.79. The van der Waals surface area contributed by atoms with Gasteiger partial charge >= 0.3 is 11.9 Å². The molecular weight excluding hydrogens is 252 g/mol. The molecule has 1 aromatic rings. The summed E-state index contributed by atoms with van der Waals surface area (Å²) in [6.45, 7) is 0. The first-order chi connectivity index (χ1) is 8.99. The quantitative estimate of drug-likeness (QED) is 0.640. The highest BCUT2D eigenvalue weighted by Gasteiger charge is 2.36. The topological polar surface area (TPSA) is 97.7 Å². The molecule has 1 fully saturated rings. The van der Waals surface area contributed by atoms with Crippen LogP contribution < -0.4 is 0 Å². The Labute approximate surface area is 108 Å². The number of aromatic carboxylic acids is 1. The van der Waals surface area contributed by atoms with Gasteiger partial charge in [-0.15, -0.1) is 0 Å². The number of carboxylic acids is 1. The average molecular weight is 262 g/mol. The molecule has 0 aliphatic heterocycles. The highest BCUT2D eigenvalue weighted by molar-refractivity contribution is 6.13. The van der Waals surface area contributed by atoms with Crippen LogP contribution in [0.4, 0.5) is 0 Å². The van der Waals surface area contributed by atoms with Gasteiger partial charge in [-0.2, -0.15) is 0 Å². The molecule has 0 radical (unpaired) electrons. The first-order valence-corrected chi connectivity index (χ1v) is 5.59. The predicted octanol–water partition coefficient (Wildman–Crippen LogP) is 0.842. The molecule has 1 saturated carbocycles. The fraction of sp³-hybridized carbons (Fsp3) is 0.231. The summed E-state index contributed by atoms with van der Waals surface area (Å²) in [6.07, 6.45) is -1.13. The predicted molar refractivity (Wildman–Crippen MR) is 61.9 cm³/mol. The number of hydrogen-bond acceptors (Lipinski definition) is 5. The monoisotopic (exact) mass is 262 g/mol. The average Bonchev–Trinajstić information content (AvgIpc) is 2.70. The van der Waals surface area contributed by atoms with E-state index in [0.717, 1.165) is 0 Å². The molecule has 2 rings (SSSR count). The molecule has 98 valence electrons. The summed E-state index contributed by atoms with van der Waals surface area (Å²) in [5.74, 6) is -2.73. The van der Waals surface area contributed by atoms with Crippen LogP contribution in [0.1, 0.15) is 33.6 Å². The first-order valence-electron chi connectivity index (χ1n) is 5.59. The lowest BCUT2D eigenvalue weighted by molar-refractivity contribution is -0.133. The molecule has 1 aliphatic carbocycles. The van der Waals surface area contributed by atoms with E-state index in [1.165, 1.54) is 24.3 Å². The number of ether oxygens (including phenoxy) is 1. The van der Waals surface area contributed by atoms with E-state index in [2.05, 4.69) is 0 Å². The van der Waals surface area contributed by atoms with Crippen molar-refractivity contribution in [3.8, 4) is 0 Å². The third kappa shape index (κ3) is 2.67. The van der Waals surface area contributed by atoms with Gasteiger partial charge in [0, 0.05) is 12.8 Å². The minimum atomic E-state index is -1.31. The Morgan fingerprint density at radius 3 is 1.95 bits per heavy atom. The Kier molecular flexibility index (Phi) is 3.41. The third-order valence-corrected chi connectivity index (χ3v) is 2.80.